The first-order chi connectivity index (χ1) is 9.65. The molecule has 0 aromatic heterocycles. The van der Waals surface area contributed by atoms with Crippen LogP contribution in [0.4, 0.5) is 0 Å². The average Bonchev–Trinajstić information content (AvgIpc) is 2.43. The van der Waals surface area contributed by atoms with E-state index >= 15 is 0 Å². The van der Waals surface area contributed by atoms with Gasteiger partial charge < -0.3 is 15.4 Å². The van der Waals surface area contributed by atoms with Crippen LogP contribution in [0.3, 0.4) is 0 Å². The monoisotopic (exact) mass is 276 g/mol. The van der Waals surface area contributed by atoms with Crippen molar-refractivity contribution in [2.75, 3.05) is 6.61 Å². The van der Waals surface area contributed by atoms with Crippen molar-refractivity contribution in [3.05, 3.63) is 30.3 Å². The van der Waals surface area contributed by atoms with Crippen LogP contribution in [-0.2, 0) is 4.79 Å². The molecule has 110 valence electrons. The summed E-state index contributed by atoms with van der Waals surface area (Å²) in [4.78, 5) is 11.9. The first-order valence-electron chi connectivity index (χ1n) is 7.38. The molecule has 1 aromatic carbocycles. The molecular weight excluding hydrogens is 252 g/mol. The van der Waals surface area contributed by atoms with Gasteiger partial charge in [0.1, 0.15) is 5.75 Å². The minimum atomic E-state index is 0.0640. The molecular formula is C16H24N2O2. The Bertz CT molecular complexity index is 422. The number of carbonyl (C=O) groups excluding carboxylic acids is 1. The zero-order chi connectivity index (χ0) is 14.4. The second-order valence-corrected chi connectivity index (χ2v) is 5.52. The SMILES string of the molecule is CC1CCC(NC(=O)CCOc2ccccc2)C(C)N1. The fraction of sp³-hybridized carbons (Fsp3) is 0.562. The minimum absolute atomic E-state index is 0.0640. The summed E-state index contributed by atoms with van der Waals surface area (Å²) >= 11 is 0. The van der Waals surface area contributed by atoms with E-state index in [9.17, 15) is 4.79 Å². The molecule has 1 fully saturated rings. The number of carbonyl (C=O) groups is 1. The standard InChI is InChI=1S/C16H24N2O2/c1-12-8-9-15(13(2)17-12)18-16(19)10-11-20-14-6-4-3-5-7-14/h3-7,12-13,15,17H,8-11H2,1-2H3,(H,18,19). The predicted molar refractivity (Wildman–Crippen MR) is 79.8 cm³/mol. The largest absolute Gasteiger partial charge is 0.493 e. The van der Waals surface area contributed by atoms with Gasteiger partial charge in [-0.05, 0) is 38.8 Å². The maximum atomic E-state index is 11.9. The second kappa shape index (κ2) is 7.29. The van der Waals surface area contributed by atoms with Gasteiger partial charge in [-0.25, -0.2) is 0 Å². The molecule has 3 atom stereocenters. The molecule has 1 heterocycles. The Kier molecular flexibility index (Phi) is 5.41. The third-order valence-corrected chi connectivity index (χ3v) is 3.75. The molecule has 1 aliphatic heterocycles. The average molecular weight is 276 g/mol. The zero-order valence-electron chi connectivity index (χ0n) is 12.3. The van der Waals surface area contributed by atoms with Crippen LogP contribution < -0.4 is 15.4 Å². The number of para-hydroxylation sites is 1. The van der Waals surface area contributed by atoms with Crippen LogP contribution in [0.5, 0.6) is 5.75 Å². The number of rotatable bonds is 5. The molecule has 1 saturated heterocycles. The van der Waals surface area contributed by atoms with Crippen molar-refractivity contribution < 1.29 is 9.53 Å². The summed E-state index contributed by atoms with van der Waals surface area (Å²) < 4.78 is 5.53. The van der Waals surface area contributed by atoms with E-state index < -0.39 is 0 Å². The highest BCUT2D eigenvalue weighted by atomic mass is 16.5. The summed E-state index contributed by atoms with van der Waals surface area (Å²) in [6.07, 6.45) is 2.55. The van der Waals surface area contributed by atoms with E-state index in [2.05, 4.69) is 24.5 Å². The topological polar surface area (TPSA) is 50.4 Å². The molecule has 4 heteroatoms. The van der Waals surface area contributed by atoms with Gasteiger partial charge in [0.2, 0.25) is 5.91 Å². The molecule has 0 saturated carbocycles. The van der Waals surface area contributed by atoms with Gasteiger partial charge in [0.25, 0.3) is 0 Å². The van der Waals surface area contributed by atoms with E-state index in [1.165, 1.54) is 0 Å². The second-order valence-electron chi connectivity index (χ2n) is 5.52. The number of piperidine rings is 1. The number of hydrogen-bond acceptors (Lipinski definition) is 3. The van der Waals surface area contributed by atoms with E-state index in [0.717, 1.165) is 18.6 Å². The summed E-state index contributed by atoms with van der Waals surface area (Å²) in [5.41, 5.74) is 0. The fourth-order valence-corrected chi connectivity index (χ4v) is 2.58. The van der Waals surface area contributed by atoms with Crippen molar-refractivity contribution >= 4 is 5.91 Å². The minimum Gasteiger partial charge on any atom is -0.493 e. The third-order valence-electron chi connectivity index (χ3n) is 3.75. The molecule has 20 heavy (non-hydrogen) atoms. The highest BCUT2D eigenvalue weighted by molar-refractivity contribution is 5.76. The van der Waals surface area contributed by atoms with Crippen LogP contribution in [0, 0.1) is 0 Å². The number of hydrogen-bond donors (Lipinski definition) is 2. The van der Waals surface area contributed by atoms with Crippen molar-refractivity contribution in [3.8, 4) is 5.75 Å². The number of nitrogens with one attached hydrogen (secondary N) is 2. The number of benzene rings is 1. The molecule has 0 aliphatic carbocycles. The first kappa shape index (κ1) is 14.9. The maximum absolute atomic E-state index is 11.9. The van der Waals surface area contributed by atoms with Crippen molar-refractivity contribution in [2.45, 2.75) is 51.2 Å². The van der Waals surface area contributed by atoms with Crippen molar-refractivity contribution in [2.24, 2.45) is 0 Å². The van der Waals surface area contributed by atoms with Crippen molar-refractivity contribution in [1.82, 2.24) is 10.6 Å². The zero-order valence-corrected chi connectivity index (χ0v) is 12.3. The third kappa shape index (κ3) is 4.53. The van der Waals surface area contributed by atoms with E-state index in [1.807, 2.05) is 30.3 Å². The normalized spacial score (nSPS) is 26.0. The first-order valence-corrected chi connectivity index (χ1v) is 7.38. The number of amides is 1. The lowest BCUT2D eigenvalue weighted by Crippen LogP contribution is -2.54. The Hall–Kier alpha value is -1.55. The number of ether oxygens (including phenoxy) is 1. The lowest BCUT2D eigenvalue weighted by atomic mass is 9.95. The van der Waals surface area contributed by atoms with Gasteiger partial charge >= 0.3 is 0 Å². The molecule has 0 spiro atoms. The maximum Gasteiger partial charge on any atom is 0.223 e. The smallest absolute Gasteiger partial charge is 0.223 e. The Balaban J connectivity index is 1.68. The molecule has 1 aliphatic rings. The predicted octanol–water partition coefficient (Wildman–Crippen LogP) is 2.10. The van der Waals surface area contributed by atoms with Gasteiger partial charge in [-0.3, -0.25) is 4.79 Å². The summed E-state index contributed by atoms with van der Waals surface area (Å²) in [6.45, 7) is 4.73. The van der Waals surface area contributed by atoms with E-state index in [0.29, 0.717) is 25.1 Å². The lowest BCUT2D eigenvalue weighted by molar-refractivity contribution is -0.122. The Morgan fingerprint density at radius 3 is 2.75 bits per heavy atom. The van der Waals surface area contributed by atoms with Crippen LogP contribution in [0.1, 0.15) is 33.1 Å². The van der Waals surface area contributed by atoms with Crippen LogP contribution in [0.15, 0.2) is 30.3 Å². The van der Waals surface area contributed by atoms with Gasteiger partial charge in [0.05, 0.1) is 13.0 Å². The van der Waals surface area contributed by atoms with Crippen molar-refractivity contribution in [3.63, 3.8) is 0 Å². The van der Waals surface area contributed by atoms with E-state index in [1.54, 1.807) is 0 Å². The molecule has 4 nitrogen and oxygen atoms in total. The van der Waals surface area contributed by atoms with Crippen LogP contribution in [-0.4, -0.2) is 30.6 Å². The lowest BCUT2D eigenvalue weighted by Gasteiger charge is -2.34. The quantitative estimate of drug-likeness (QED) is 0.866. The van der Waals surface area contributed by atoms with Gasteiger partial charge in [0, 0.05) is 18.1 Å². The summed E-state index contributed by atoms with van der Waals surface area (Å²) in [7, 11) is 0. The molecule has 0 radical (unpaired) electrons. The Morgan fingerprint density at radius 1 is 1.30 bits per heavy atom. The Morgan fingerprint density at radius 2 is 2.05 bits per heavy atom. The van der Waals surface area contributed by atoms with Gasteiger partial charge in [-0.1, -0.05) is 18.2 Å². The highest BCUT2D eigenvalue weighted by Crippen LogP contribution is 2.13. The summed E-state index contributed by atoms with van der Waals surface area (Å²) in [6, 6.07) is 10.7. The summed E-state index contributed by atoms with van der Waals surface area (Å²) in [5.74, 6) is 0.871. The molecule has 0 bridgehead atoms. The molecule has 1 aromatic rings. The fourth-order valence-electron chi connectivity index (χ4n) is 2.58. The molecule has 3 unspecified atom stereocenters. The van der Waals surface area contributed by atoms with Crippen LogP contribution in [0.25, 0.3) is 0 Å². The van der Waals surface area contributed by atoms with Gasteiger partial charge in [0.15, 0.2) is 0 Å². The van der Waals surface area contributed by atoms with Crippen LogP contribution >= 0.6 is 0 Å². The summed E-state index contributed by atoms with van der Waals surface area (Å²) in [5, 5.41) is 6.56. The molecule has 1 amide bonds. The van der Waals surface area contributed by atoms with Gasteiger partial charge in [-0.2, -0.15) is 0 Å². The molecule has 2 N–H and O–H groups in total. The van der Waals surface area contributed by atoms with Crippen LogP contribution in [0.2, 0.25) is 0 Å². The highest BCUT2D eigenvalue weighted by Gasteiger charge is 2.25. The van der Waals surface area contributed by atoms with Gasteiger partial charge in [-0.15, -0.1) is 0 Å². The van der Waals surface area contributed by atoms with E-state index in [-0.39, 0.29) is 11.9 Å². The Labute approximate surface area is 120 Å². The molecule has 2 rings (SSSR count). The van der Waals surface area contributed by atoms with E-state index in [4.69, 9.17) is 4.74 Å². The van der Waals surface area contributed by atoms with Crippen molar-refractivity contribution in [1.29, 1.82) is 0 Å².